The van der Waals surface area contributed by atoms with Crippen LogP contribution >= 0.6 is 11.3 Å². The fourth-order valence-corrected chi connectivity index (χ4v) is 5.30. The van der Waals surface area contributed by atoms with Crippen LogP contribution in [0.2, 0.25) is 0 Å². The quantitative estimate of drug-likeness (QED) is 0.0957. The number of nitrogens with zero attached hydrogens (tertiary/aromatic N) is 2. The van der Waals surface area contributed by atoms with Gasteiger partial charge < -0.3 is 20.1 Å². The lowest BCUT2D eigenvalue weighted by molar-refractivity contribution is -0.189. The van der Waals surface area contributed by atoms with E-state index in [9.17, 15) is 32.3 Å². The Hall–Kier alpha value is -4.20. The predicted octanol–water partition coefficient (Wildman–Crippen LogP) is 5.06. The molecule has 1 unspecified atom stereocenters. The Morgan fingerprint density at radius 1 is 1.15 bits per heavy atom. The lowest BCUT2D eigenvalue weighted by atomic mass is 10.1. The zero-order valence-corrected chi connectivity index (χ0v) is 22.0. The second kappa shape index (κ2) is 11.7. The van der Waals surface area contributed by atoms with Crippen LogP contribution in [-0.4, -0.2) is 45.3 Å². The van der Waals surface area contributed by atoms with Gasteiger partial charge in [0.25, 0.3) is 0 Å². The average molecular weight is 587 g/mol. The zero-order valence-electron chi connectivity index (χ0n) is 21.2. The number of benzene rings is 2. The number of aryl methyl sites for hydroxylation is 1. The second-order valence-corrected chi connectivity index (χ2v) is 10.1. The highest BCUT2D eigenvalue weighted by atomic mass is 32.1. The molecule has 0 fully saturated rings. The summed E-state index contributed by atoms with van der Waals surface area (Å²) in [4.78, 5) is 34.1. The number of H-pyrrole nitrogens is 1. The van der Waals surface area contributed by atoms with E-state index in [1.807, 2.05) is 18.2 Å². The molecular weight excluding hydrogens is 564 g/mol. The van der Waals surface area contributed by atoms with Crippen LogP contribution < -0.4 is 14.9 Å². The van der Waals surface area contributed by atoms with Crippen LogP contribution in [0.5, 0.6) is 5.75 Å². The van der Waals surface area contributed by atoms with Crippen LogP contribution in [0.4, 0.5) is 17.6 Å². The normalized spacial score (nSPS) is 12.6. The molecule has 3 heterocycles. The van der Waals surface area contributed by atoms with Crippen LogP contribution in [0, 0.1) is 5.82 Å². The standard InChI is InChI=1S/C28H22F4N4O4S/c29-17-6-1-4-15(12-17)23-22-16(5-2-11-34-22)13-18(35-23)7-3-10-33-14-20(37)19-8-9-21(40-26(38)28(30,31)32)24-25(19)41-27(39)36-24/h1-2,4-6,8-9,11-13,20,33,37H,3,7,10,14H2,(H,36,39). The Kier molecular flexibility index (Phi) is 8.10. The molecule has 2 aromatic carbocycles. The number of hydrogen-bond donors (Lipinski definition) is 3. The first-order valence-electron chi connectivity index (χ1n) is 12.4. The molecule has 0 saturated heterocycles. The van der Waals surface area contributed by atoms with E-state index in [4.69, 9.17) is 4.98 Å². The van der Waals surface area contributed by atoms with Crippen molar-refractivity contribution in [3.8, 4) is 17.0 Å². The summed E-state index contributed by atoms with van der Waals surface area (Å²) in [5.74, 6) is -3.25. The van der Waals surface area contributed by atoms with Crippen LogP contribution in [0.1, 0.15) is 23.8 Å². The van der Waals surface area contributed by atoms with Gasteiger partial charge in [0.05, 0.1) is 22.0 Å². The van der Waals surface area contributed by atoms with E-state index in [1.165, 1.54) is 18.2 Å². The van der Waals surface area contributed by atoms with E-state index in [-0.39, 0.29) is 22.6 Å². The lowest BCUT2D eigenvalue weighted by Gasteiger charge is -2.15. The number of alkyl halides is 3. The number of nitrogens with one attached hydrogen (secondary N) is 2. The number of carbonyl (C=O) groups is 1. The number of fused-ring (bicyclic) bond motifs is 2. The second-order valence-electron chi connectivity index (χ2n) is 9.13. The molecule has 0 saturated carbocycles. The minimum atomic E-state index is -5.20. The van der Waals surface area contributed by atoms with Crippen molar-refractivity contribution in [3.63, 3.8) is 0 Å². The first kappa shape index (κ1) is 28.3. The van der Waals surface area contributed by atoms with E-state index in [0.717, 1.165) is 17.1 Å². The first-order valence-corrected chi connectivity index (χ1v) is 13.3. The van der Waals surface area contributed by atoms with Gasteiger partial charge in [-0.2, -0.15) is 13.2 Å². The molecule has 212 valence electrons. The Balaban J connectivity index is 1.24. The number of aliphatic hydroxyl groups is 1. The van der Waals surface area contributed by atoms with Gasteiger partial charge in [0.1, 0.15) is 11.3 Å². The third-order valence-corrected chi connectivity index (χ3v) is 7.16. The molecular formula is C28H22F4N4O4S. The summed E-state index contributed by atoms with van der Waals surface area (Å²) in [6.45, 7) is 0.583. The average Bonchev–Trinajstić information content (AvgIpc) is 3.33. The summed E-state index contributed by atoms with van der Waals surface area (Å²) >= 11 is 0.690. The summed E-state index contributed by atoms with van der Waals surface area (Å²) in [7, 11) is 0. The number of carbonyl (C=O) groups excluding carboxylic acids is 1. The summed E-state index contributed by atoms with van der Waals surface area (Å²) in [6.07, 6.45) is -3.41. The lowest BCUT2D eigenvalue weighted by Crippen LogP contribution is -2.28. The fourth-order valence-electron chi connectivity index (χ4n) is 4.38. The molecule has 3 N–H and O–H groups in total. The van der Waals surface area contributed by atoms with Crippen LogP contribution in [0.3, 0.4) is 0 Å². The van der Waals surface area contributed by atoms with Crippen molar-refractivity contribution in [1.29, 1.82) is 0 Å². The number of aliphatic hydroxyl groups excluding tert-OH is 1. The monoisotopic (exact) mass is 586 g/mol. The van der Waals surface area contributed by atoms with Crippen molar-refractivity contribution in [2.75, 3.05) is 13.1 Å². The molecule has 0 radical (unpaired) electrons. The number of aromatic nitrogens is 3. The summed E-state index contributed by atoms with van der Waals surface area (Å²) in [5.41, 5.74) is 2.86. The third-order valence-electron chi connectivity index (χ3n) is 6.23. The van der Waals surface area contributed by atoms with E-state index in [2.05, 4.69) is 20.0 Å². The van der Waals surface area contributed by atoms with Crippen molar-refractivity contribution in [2.45, 2.75) is 25.1 Å². The molecule has 1 atom stereocenters. The van der Waals surface area contributed by atoms with E-state index in [1.54, 1.807) is 18.3 Å². The van der Waals surface area contributed by atoms with E-state index >= 15 is 0 Å². The first-order chi connectivity index (χ1) is 19.6. The fraction of sp³-hybridized carbons (Fsp3) is 0.214. The molecule has 0 aliphatic rings. The molecule has 0 bridgehead atoms. The minimum Gasteiger partial charge on any atom is -0.418 e. The molecule has 5 rings (SSSR count). The Morgan fingerprint density at radius 3 is 2.76 bits per heavy atom. The Labute approximate surface area is 233 Å². The number of ether oxygens (including phenoxy) is 1. The maximum atomic E-state index is 13.9. The van der Waals surface area contributed by atoms with Crippen LogP contribution in [0.15, 0.2) is 65.6 Å². The molecule has 41 heavy (non-hydrogen) atoms. The minimum absolute atomic E-state index is 0.0898. The molecule has 13 heteroatoms. The van der Waals surface area contributed by atoms with E-state index in [0.29, 0.717) is 53.1 Å². The summed E-state index contributed by atoms with van der Waals surface area (Å²) in [6, 6.07) is 14.2. The maximum Gasteiger partial charge on any atom is 0.491 e. The van der Waals surface area contributed by atoms with Crippen molar-refractivity contribution < 1.29 is 32.2 Å². The van der Waals surface area contributed by atoms with Gasteiger partial charge in [-0.15, -0.1) is 0 Å². The van der Waals surface area contributed by atoms with Crippen LogP contribution in [-0.2, 0) is 11.2 Å². The number of halogens is 4. The van der Waals surface area contributed by atoms with Gasteiger partial charge in [-0.1, -0.05) is 35.6 Å². The van der Waals surface area contributed by atoms with Gasteiger partial charge in [-0.25, -0.2) is 9.18 Å². The van der Waals surface area contributed by atoms with Crippen molar-refractivity contribution in [3.05, 3.63) is 87.5 Å². The van der Waals surface area contributed by atoms with Crippen molar-refractivity contribution in [2.24, 2.45) is 0 Å². The summed E-state index contributed by atoms with van der Waals surface area (Å²) in [5, 5.41) is 14.7. The zero-order chi connectivity index (χ0) is 29.1. The Morgan fingerprint density at radius 2 is 1.98 bits per heavy atom. The highest BCUT2D eigenvalue weighted by Crippen LogP contribution is 2.33. The number of aromatic amines is 1. The number of hydrogen-bond acceptors (Lipinski definition) is 8. The molecule has 5 aromatic rings. The topological polar surface area (TPSA) is 117 Å². The largest absolute Gasteiger partial charge is 0.491 e. The molecule has 3 aromatic heterocycles. The van der Waals surface area contributed by atoms with Gasteiger partial charge in [-0.05, 0) is 49.7 Å². The van der Waals surface area contributed by atoms with Crippen molar-refractivity contribution >= 4 is 38.4 Å². The molecule has 0 aliphatic heterocycles. The maximum absolute atomic E-state index is 13.9. The number of rotatable bonds is 9. The number of pyridine rings is 2. The van der Waals surface area contributed by atoms with E-state index < -0.39 is 28.9 Å². The van der Waals surface area contributed by atoms with Gasteiger partial charge in [0, 0.05) is 34.9 Å². The highest BCUT2D eigenvalue weighted by Gasteiger charge is 2.41. The smallest absolute Gasteiger partial charge is 0.418 e. The SMILES string of the molecule is O=C(Oc1ccc(C(O)CNCCCc2cc3cccnc3c(-c3cccc(F)c3)n2)c2sc(=O)[nH]c12)C(F)(F)F. The van der Waals surface area contributed by atoms with Gasteiger partial charge >= 0.3 is 17.0 Å². The number of thiazole rings is 1. The van der Waals surface area contributed by atoms with Gasteiger partial charge in [0.15, 0.2) is 5.75 Å². The third kappa shape index (κ3) is 6.42. The van der Waals surface area contributed by atoms with Gasteiger partial charge in [0.2, 0.25) is 0 Å². The predicted molar refractivity (Wildman–Crippen MR) is 145 cm³/mol. The molecule has 8 nitrogen and oxygen atoms in total. The molecule has 0 aliphatic carbocycles. The van der Waals surface area contributed by atoms with Gasteiger partial charge in [-0.3, -0.25) is 14.8 Å². The number of esters is 1. The highest BCUT2D eigenvalue weighted by molar-refractivity contribution is 7.16. The molecule has 0 spiro atoms. The molecule has 0 amide bonds. The summed E-state index contributed by atoms with van der Waals surface area (Å²) < 4.78 is 56.4. The Bertz CT molecular complexity index is 1790. The van der Waals surface area contributed by atoms with Crippen molar-refractivity contribution in [1.82, 2.24) is 20.3 Å². The van der Waals surface area contributed by atoms with Crippen LogP contribution in [0.25, 0.3) is 32.4 Å².